The van der Waals surface area contributed by atoms with Gasteiger partial charge in [-0.1, -0.05) is 37.6 Å². The van der Waals surface area contributed by atoms with Crippen LogP contribution in [0.4, 0.5) is 10.1 Å². The summed E-state index contributed by atoms with van der Waals surface area (Å²) >= 11 is 6.34. The van der Waals surface area contributed by atoms with Crippen molar-refractivity contribution in [2.45, 2.75) is 26.8 Å². The van der Waals surface area contributed by atoms with Crippen molar-refractivity contribution in [2.24, 2.45) is 11.8 Å². The van der Waals surface area contributed by atoms with Crippen LogP contribution >= 0.6 is 11.6 Å². The van der Waals surface area contributed by atoms with Crippen molar-refractivity contribution in [2.75, 3.05) is 18.0 Å². The monoisotopic (exact) mass is 349 g/mol. The fourth-order valence-corrected chi connectivity index (χ4v) is 3.68. The molecule has 0 spiro atoms. The van der Waals surface area contributed by atoms with E-state index in [0.717, 1.165) is 18.7 Å². The second-order valence-electron chi connectivity index (χ2n) is 6.78. The number of rotatable bonds is 3. The summed E-state index contributed by atoms with van der Waals surface area (Å²) < 4.78 is 14.3. The van der Waals surface area contributed by atoms with E-state index in [1.54, 1.807) is 18.3 Å². The van der Waals surface area contributed by atoms with E-state index in [0.29, 0.717) is 17.5 Å². The largest absolute Gasteiger partial charge is 0.368 e. The molecule has 2 aromatic rings. The molecule has 24 heavy (non-hydrogen) atoms. The average molecular weight is 350 g/mol. The van der Waals surface area contributed by atoms with Crippen molar-refractivity contribution in [1.29, 1.82) is 0 Å². The summed E-state index contributed by atoms with van der Waals surface area (Å²) in [5, 5.41) is 4.47. The Morgan fingerprint density at radius 3 is 2.46 bits per heavy atom. The van der Waals surface area contributed by atoms with E-state index in [4.69, 9.17) is 11.6 Å². The summed E-state index contributed by atoms with van der Waals surface area (Å²) in [7, 11) is 0. The zero-order valence-electron chi connectivity index (χ0n) is 13.9. The molecule has 2 heterocycles. The molecule has 1 aliphatic rings. The zero-order valence-corrected chi connectivity index (χ0v) is 14.6. The van der Waals surface area contributed by atoms with Crippen LogP contribution in [0.5, 0.6) is 0 Å². The molecule has 0 bridgehead atoms. The van der Waals surface area contributed by atoms with Crippen molar-refractivity contribution in [3.63, 3.8) is 0 Å². The summed E-state index contributed by atoms with van der Waals surface area (Å²) in [6.07, 6.45) is 2.85. The first-order valence-electron chi connectivity index (χ1n) is 8.19. The molecule has 1 saturated heterocycles. The Kier molecular flexibility index (Phi) is 4.90. The smallest absolute Gasteiger partial charge is 0.287 e. The van der Waals surface area contributed by atoms with Gasteiger partial charge in [0.1, 0.15) is 10.8 Å². The molecule has 1 aliphatic heterocycles. The molecule has 0 radical (unpaired) electrons. The van der Waals surface area contributed by atoms with E-state index in [1.807, 2.05) is 0 Å². The molecule has 0 amide bonds. The van der Waals surface area contributed by atoms with Crippen molar-refractivity contribution >= 4 is 17.3 Å². The van der Waals surface area contributed by atoms with Gasteiger partial charge in [-0.2, -0.15) is 5.10 Å². The molecule has 1 aromatic heterocycles. The number of hydrogen-bond acceptors (Lipinski definition) is 3. The van der Waals surface area contributed by atoms with Gasteiger partial charge >= 0.3 is 0 Å². The van der Waals surface area contributed by atoms with Crippen LogP contribution in [-0.2, 0) is 6.54 Å². The maximum Gasteiger partial charge on any atom is 0.287 e. The first-order valence-corrected chi connectivity index (χ1v) is 8.57. The number of aromatic nitrogens is 2. The van der Waals surface area contributed by atoms with Crippen molar-refractivity contribution < 1.29 is 4.39 Å². The van der Waals surface area contributed by atoms with Crippen LogP contribution in [-0.4, -0.2) is 22.9 Å². The Morgan fingerprint density at radius 1 is 1.21 bits per heavy atom. The lowest BCUT2D eigenvalue weighted by Crippen LogP contribution is -2.40. The van der Waals surface area contributed by atoms with Crippen LogP contribution in [0.3, 0.4) is 0 Å². The van der Waals surface area contributed by atoms with E-state index in [-0.39, 0.29) is 22.9 Å². The van der Waals surface area contributed by atoms with Crippen LogP contribution in [0, 0.1) is 17.7 Å². The van der Waals surface area contributed by atoms with Gasteiger partial charge in [-0.05, 0) is 36.0 Å². The van der Waals surface area contributed by atoms with E-state index < -0.39 is 0 Å². The Balaban J connectivity index is 1.86. The van der Waals surface area contributed by atoms with E-state index >= 15 is 0 Å². The van der Waals surface area contributed by atoms with Gasteiger partial charge in [-0.3, -0.25) is 4.79 Å². The highest BCUT2D eigenvalue weighted by molar-refractivity contribution is 6.33. The number of piperidine rings is 1. The lowest BCUT2D eigenvalue weighted by molar-refractivity contribution is 0.356. The van der Waals surface area contributed by atoms with Gasteiger partial charge in [0, 0.05) is 13.1 Å². The molecule has 6 heteroatoms. The molecule has 128 valence electrons. The second kappa shape index (κ2) is 6.93. The maximum atomic E-state index is 13.0. The Labute approximate surface area is 145 Å². The third-order valence-corrected chi connectivity index (χ3v) is 4.78. The fourth-order valence-electron chi connectivity index (χ4n) is 3.41. The van der Waals surface area contributed by atoms with Crippen LogP contribution in [0.2, 0.25) is 5.02 Å². The summed E-state index contributed by atoms with van der Waals surface area (Å²) in [5.74, 6) is 0.818. The lowest BCUT2D eigenvalue weighted by atomic mass is 9.92. The molecule has 1 fully saturated rings. The van der Waals surface area contributed by atoms with Crippen LogP contribution in [0.25, 0.3) is 0 Å². The molecule has 4 nitrogen and oxygen atoms in total. The summed E-state index contributed by atoms with van der Waals surface area (Å²) in [6, 6.07) is 6.01. The standard InChI is InChI=1S/C18H21ClFN3O/c1-12-7-13(2)10-22(9-12)16-8-21-23(18(24)17(16)19)11-14-3-5-15(20)6-4-14/h3-6,8,12-13H,7,9-11H2,1-2H3/t12-,13-/m1/s1. The van der Waals surface area contributed by atoms with Crippen LogP contribution in [0.1, 0.15) is 25.8 Å². The first-order chi connectivity index (χ1) is 11.4. The quantitative estimate of drug-likeness (QED) is 0.850. The molecule has 0 unspecified atom stereocenters. The number of benzene rings is 1. The number of nitrogens with zero attached hydrogens (tertiary/aromatic N) is 3. The predicted molar refractivity (Wildman–Crippen MR) is 94.2 cm³/mol. The highest BCUT2D eigenvalue weighted by Crippen LogP contribution is 2.29. The average Bonchev–Trinajstić information content (AvgIpc) is 2.53. The normalized spacial score (nSPS) is 21.1. The molecule has 0 N–H and O–H groups in total. The van der Waals surface area contributed by atoms with Crippen molar-refractivity contribution in [3.8, 4) is 0 Å². The molecule has 3 rings (SSSR count). The third kappa shape index (κ3) is 3.61. The van der Waals surface area contributed by atoms with Gasteiger partial charge in [0.05, 0.1) is 18.4 Å². The fraction of sp³-hybridized carbons (Fsp3) is 0.444. The van der Waals surface area contributed by atoms with Crippen molar-refractivity contribution in [1.82, 2.24) is 9.78 Å². The Hall–Kier alpha value is -1.88. The minimum Gasteiger partial charge on any atom is -0.368 e. The minimum atomic E-state index is -0.315. The SMILES string of the molecule is C[C@@H]1C[C@@H](C)CN(c2cnn(Cc3ccc(F)cc3)c(=O)c2Cl)C1. The van der Waals surface area contributed by atoms with Gasteiger partial charge in [-0.15, -0.1) is 0 Å². The van der Waals surface area contributed by atoms with E-state index in [2.05, 4.69) is 23.8 Å². The molecular formula is C18H21ClFN3O. The molecule has 0 aliphatic carbocycles. The van der Waals surface area contributed by atoms with E-state index in [1.165, 1.54) is 23.2 Å². The minimum absolute atomic E-state index is 0.202. The van der Waals surface area contributed by atoms with Gasteiger partial charge in [-0.25, -0.2) is 9.07 Å². The number of hydrogen-bond donors (Lipinski definition) is 0. The number of halogens is 2. The first kappa shape index (κ1) is 17.0. The topological polar surface area (TPSA) is 38.1 Å². The Morgan fingerprint density at radius 2 is 1.83 bits per heavy atom. The predicted octanol–water partition coefficient (Wildman–Crippen LogP) is 3.57. The Bertz CT molecular complexity index is 765. The molecule has 1 aromatic carbocycles. The zero-order chi connectivity index (χ0) is 17.3. The summed E-state index contributed by atoms with van der Waals surface area (Å²) in [6.45, 7) is 6.45. The highest BCUT2D eigenvalue weighted by Gasteiger charge is 2.25. The second-order valence-corrected chi connectivity index (χ2v) is 7.16. The summed E-state index contributed by atoms with van der Waals surface area (Å²) in [5.41, 5.74) is 1.19. The lowest BCUT2D eigenvalue weighted by Gasteiger charge is -2.36. The third-order valence-electron chi connectivity index (χ3n) is 4.42. The van der Waals surface area contributed by atoms with Gasteiger partial charge in [0.25, 0.3) is 5.56 Å². The number of anilines is 1. The van der Waals surface area contributed by atoms with E-state index in [9.17, 15) is 9.18 Å². The summed E-state index contributed by atoms with van der Waals surface area (Å²) in [4.78, 5) is 14.7. The van der Waals surface area contributed by atoms with Gasteiger partial charge < -0.3 is 4.90 Å². The molecular weight excluding hydrogens is 329 g/mol. The highest BCUT2D eigenvalue weighted by atomic mass is 35.5. The van der Waals surface area contributed by atoms with Crippen molar-refractivity contribution in [3.05, 3.63) is 57.2 Å². The molecule has 2 atom stereocenters. The van der Waals surface area contributed by atoms with Crippen LogP contribution < -0.4 is 10.5 Å². The van der Waals surface area contributed by atoms with Gasteiger partial charge in [0.15, 0.2) is 0 Å². The maximum absolute atomic E-state index is 13.0. The van der Waals surface area contributed by atoms with Gasteiger partial charge in [0.2, 0.25) is 0 Å². The molecule has 0 saturated carbocycles. The van der Waals surface area contributed by atoms with Crippen LogP contribution in [0.15, 0.2) is 35.3 Å².